The van der Waals surface area contributed by atoms with E-state index in [1.165, 1.54) is 18.9 Å². The monoisotopic (exact) mass is 554 g/mol. The molecular formula is C24H32FIN4O2. The van der Waals surface area contributed by atoms with Crippen LogP contribution in [-0.2, 0) is 6.54 Å². The smallest absolute Gasteiger partial charge is 0.251 e. The van der Waals surface area contributed by atoms with Gasteiger partial charge in [-0.25, -0.2) is 4.39 Å². The maximum absolute atomic E-state index is 14.4. The highest BCUT2D eigenvalue weighted by Crippen LogP contribution is 2.30. The fourth-order valence-electron chi connectivity index (χ4n) is 3.10. The summed E-state index contributed by atoms with van der Waals surface area (Å²) >= 11 is 0. The number of guanidine groups is 1. The lowest BCUT2D eigenvalue weighted by atomic mass is 10.1. The highest BCUT2D eigenvalue weighted by molar-refractivity contribution is 14.0. The second-order valence-corrected chi connectivity index (χ2v) is 7.79. The molecule has 1 fully saturated rings. The average Bonchev–Trinajstić information content (AvgIpc) is 3.60. The molecule has 3 N–H and O–H groups in total. The van der Waals surface area contributed by atoms with Crippen LogP contribution < -0.4 is 20.7 Å². The van der Waals surface area contributed by atoms with Crippen molar-refractivity contribution in [3.8, 4) is 5.75 Å². The number of hydrogen-bond acceptors (Lipinski definition) is 3. The van der Waals surface area contributed by atoms with Crippen LogP contribution in [0, 0.1) is 11.7 Å². The molecule has 1 aliphatic rings. The maximum atomic E-state index is 14.4. The quantitative estimate of drug-likeness (QED) is 0.244. The summed E-state index contributed by atoms with van der Waals surface area (Å²) in [6.45, 7) is 5.58. The van der Waals surface area contributed by atoms with Crippen LogP contribution in [0.2, 0.25) is 0 Å². The summed E-state index contributed by atoms with van der Waals surface area (Å²) in [6.07, 6.45) is 2.34. The van der Waals surface area contributed by atoms with Gasteiger partial charge in [-0.05, 0) is 68.0 Å². The Kier molecular flexibility index (Phi) is 10.2. The standard InChI is InChI=1S/C24H31FN4O2.HI/c1-4-27-23(30)19-9-7-17(8-10-19)14-28-24(26-3)29-16(2)20-11-12-22(21(25)13-20)31-15-18-5-6-18;/h7-13,16,18H,4-6,14-15H2,1-3H3,(H,27,30)(H2,26,28,29);1H. The van der Waals surface area contributed by atoms with E-state index in [0.29, 0.717) is 42.9 Å². The molecule has 0 heterocycles. The Labute approximate surface area is 206 Å². The molecule has 2 aromatic rings. The van der Waals surface area contributed by atoms with E-state index in [-0.39, 0.29) is 41.7 Å². The van der Waals surface area contributed by atoms with Crippen LogP contribution in [0.25, 0.3) is 0 Å². The second-order valence-electron chi connectivity index (χ2n) is 7.79. The third-order valence-electron chi connectivity index (χ3n) is 5.22. The van der Waals surface area contributed by atoms with Crippen molar-refractivity contribution in [2.75, 3.05) is 20.2 Å². The number of nitrogens with zero attached hydrogens (tertiary/aromatic N) is 1. The first-order chi connectivity index (χ1) is 15.0. The van der Waals surface area contributed by atoms with Crippen molar-refractivity contribution in [1.29, 1.82) is 0 Å². The predicted octanol–water partition coefficient (Wildman–Crippen LogP) is 4.41. The van der Waals surface area contributed by atoms with Gasteiger partial charge in [-0.2, -0.15) is 0 Å². The number of ether oxygens (including phenoxy) is 1. The Morgan fingerprint density at radius 3 is 2.50 bits per heavy atom. The third-order valence-corrected chi connectivity index (χ3v) is 5.22. The molecule has 0 saturated heterocycles. The topological polar surface area (TPSA) is 74.8 Å². The fourth-order valence-corrected chi connectivity index (χ4v) is 3.10. The Hall–Kier alpha value is -2.36. The van der Waals surface area contributed by atoms with E-state index in [0.717, 1.165) is 11.1 Å². The Morgan fingerprint density at radius 1 is 1.19 bits per heavy atom. The van der Waals surface area contributed by atoms with E-state index in [1.807, 2.05) is 32.0 Å². The minimum absolute atomic E-state index is 0. The van der Waals surface area contributed by atoms with Crippen LogP contribution in [0.15, 0.2) is 47.5 Å². The Balaban J connectivity index is 0.00000363. The number of aliphatic imine (C=N–C) groups is 1. The van der Waals surface area contributed by atoms with Gasteiger partial charge in [-0.15, -0.1) is 24.0 Å². The summed E-state index contributed by atoms with van der Waals surface area (Å²) in [6, 6.07) is 12.3. The van der Waals surface area contributed by atoms with Gasteiger partial charge in [0.25, 0.3) is 5.91 Å². The van der Waals surface area contributed by atoms with Gasteiger partial charge in [0.2, 0.25) is 0 Å². The molecule has 0 radical (unpaired) electrons. The van der Waals surface area contributed by atoms with Crippen molar-refractivity contribution in [3.63, 3.8) is 0 Å². The summed E-state index contributed by atoms with van der Waals surface area (Å²) in [5.74, 6) is 1.07. The zero-order chi connectivity index (χ0) is 22.2. The molecule has 0 aromatic heterocycles. The van der Waals surface area contributed by atoms with E-state index in [4.69, 9.17) is 4.74 Å². The molecule has 1 unspecified atom stereocenters. The molecule has 32 heavy (non-hydrogen) atoms. The van der Waals surface area contributed by atoms with Gasteiger partial charge in [-0.1, -0.05) is 18.2 Å². The molecule has 0 aliphatic heterocycles. The summed E-state index contributed by atoms with van der Waals surface area (Å²) in [5, 5.41) is 9.30. The lowest BCUT2D eigenvalue weighted by molar-refractivity contribution is 0.0956. The molecule has 1 aliphatic carbocycles. The first-order valence-electron chi connectivity index (χ1n) is 10.8. The highest BCUT2D eigenvalue weighted by Gasteiger charge is 2.22. The number of hydrogen-bond donors (Lipinski definition) is 3. The number of halogens is 2. The first kappa shape index (κ1) is 25.9. The molecule has 2 aromatic carbocycles. The molecule has 6 nitrogen and oxygen atoms in total. The molecule has 8 heteroatoms. The van der Waals surface area contributed by atoms with Gasteiger partial charge in [0.05, 0.1) is 12.6 Å². The molecule has 1 atom stereocenters. The van der Waals surface area contributed by atoms with E-state index in [2.05, 4.69) is 20.9 Å². The largest absolute Gasteiger partial charge is 0.490 e. The van der Waals surface area contributed by atoms with Crippen molar-refractivity contribution >= 4 is 35.8 Å². The second kappa shape index (κ2) is 12.6. The van der Waals surface area contributed by atoms with Gasteiger partial charge in [0.15, 0.2) is 17.5 Å². The summed E-state index contributed by atoms with van der Waals surface area (Å²) in [5.41, 5.74) is 2.46. The minimum atomic E-state index is -0.345. The SMILES string of the molecule is CCNC(=O)c1ccc(CNC(=NC)NC(C)c2ccc(OCC3CC3)c(F)c2)cc1.I. The average molecular weight is 554 g/mol. The van der Waals surface area contributed by atoms with Gasteiger partial charge < -0.3 is 20.7 Å². The fraction of sp³-hybridized carbons (Fsp3) is 0.417. The van der Waals surface area contributed by atoms with Crippen LogP contribution >= 0.6 is 24.0 Å². The van der Waals surface area contributed by atoms with E-state index in [1.54, 1.807) is 25.2 Å². The number of rotatable bonds is 9. The van der Waals surface area contributed by atoms with E-state index >= 15 is 0 Å². The van der Waals surface area contributed by atoms with Gasteiger partial charge in [-0.3, -0.25) is 9.79 Å². The van der Waals surface area contributed by atoms with Gasteiger partial charge >= 0.3 is 0 Å². The van der Waals surface area contributed by atoms with Gasteiger partial charge in [0, 0.05) is 25.7 Å². The first-order valence-corrected chi connectivity index (χ1v) is 10.8. The number of amides is 1. The third kappa shape index (κ3) is 7.65. The normalized spacial score (nSPS) is 14.2. The number of carbonyl (C=O) groups is 1. The summed E-state index contributed by atoms with van der Waals surface area (Å²) in [4.78, 5) is 16.1. The predicted molar refractivity (Wildman–Crippen MR) is 136 cm³/mol. The van der Waals surface area contributed by atoms with Crippen LogP contribution in [0.4, 0.5) is 4.39 Å². The Bertz CT molecular complexity index is 917. The molecule has 3 rings (SSSR count). The zero-order valence-electron chi connectivity index (χ0n) is 18.8. The molecule has 0 bridgehead atoms. The number of carbonyl (C=O) groups excluding carboxylic acids is 1. The van der Waals surface area contributed by atoms with Crippen LogP contribution in [-0.4, -0.2) is 32.1 Å². The number of benzene rings is 2. The zero-order valence-corrected chi connectivity index (χ0v) is 21.1. The molecule has 1 saturated carbocycles. The van der Waals surface area contributed by atoms with Crippen molar-refractivity contribution in [2.45, 2.75) is 39.3 Å². The van der Waals surface area contributed by atoms with Crippen molar-refractivity contribution in [3.05, 3.63) is 65.0 Å². The molecule has 174 valence electrons. The van der Waals surface area contributed by atoms with Gasteiger partial charge in [0.1, 0.15) is 0 Å². The van der Waals surface area contributed by atoms with Crippen LogP contribution in [0.5, 0.6) is 5.75 Å². The maximum Gasteiger partial charge on any atom is 0.251 e. The highest BCUT2D eigenvalue weighted by atomic mass is 127. The van der Waals surface area contributed by atoms with Crippen molar-refractivity contribution in [2.24, 2.45) is 10.9 Å². The van der Waals surface area contributed by atoms with E-state index in [9.17, 15) is 9.18 Å². The minimum Gasteiger partial charge on any atom is -0.490 e. The van der Waals surface area contributed by atoms with Crippen LogP contribution in [0.3, 0.4) is 0 Å². The van der Waals surface area contributed by atoms with E-state index < -0.39 is 0 Å². The number of nitrogens with one attached hydrogen (secondary N) is 3. The molecule has 1 amide bonds. The Morgan fingerprint density at radius 2 is 1.91 bits per heavy atom. The summed E-state index contributed by atoms with van der Waals surface area (Å²) < 4.78 is 19.9. The lowest BCUT2D eigenvalue weighted by Gasteiger charge is -2.19. The van der Waals surface area contributed by atoms with Crippen molar-refractivity contribution < 1.29 is 13.9 Å². The molecular weight excluding hydrogens is 522 g/mol. The summed E-state index contributed by atoms with van der Waals surface area (Å²) in [7, 11) is 1.69. The van der Waals surface area contributed by atoms with Crippen molar-refractivity contribution in [1.82, 2.24) is 16.0 Å². The van der Waals surface area contributed by atoms with Crippen LogP contribution in [0.1, 0.15) is 54.2 Å². The lowest BCUT2D eigenvalue weighted by Crippen LogP contribution is -2.38. The molecule has 0 spiro atoms.